The maximum atomic E-state index is 12.8. The van der Waals surface area contributed by atoms with Crippen LogP contribution in [0.1, 0.15) is 43.0 Å². The maximum absolute atomic E-state index is 12.8. The van der Waals surface area contributed by atoms with Crippen molar-refractivity contribution in [3.63, 3.8) is 0 Å². The van der Waals surface area contributed by atoms with E-state index in [4.69, 9.17) is 0 Å². The van der Waals surface area contributed by atoms with Crippen LogP contribution in [0.4, 0.5) is 0 Å². The molecule has 0 amide bonds. The molecule has 0 aromatic heterocycles. The smallest absolute Gasteiger partial charge is 0.194 e. The van der Waals surface area contributed by atoms with Gasteiger partial charge in [-0.3, -0.25) is 9.59 Å². The molecule has 0 saturated heterocycles. The maximum Gasteiger partial charge on any atom is 0.194 e. The number of carbonyl (C=O) groups excluding carboxylic acids is 2. The first-order valence-corrected chi connectivity index (χ1v) is 7.67. The molecule has 0 saturated carbocycles. The molecule has 2 heteroatoms. The van der Waals surface area contributed by atoms with Gasteiger partial charge in [0, 0.05) is 22.3 Å². The number of hydrogen-bond donors (Lipinski definition) is 0. The Balaban J connectivity index is 1.79. The molecule has 0 atom stereocenters. The summed E-state index contributed by atoms with van der Waals surface area (Å²) in [5.74, 6) is -0.101. The Morgan fingerprint density at radius 1 is 0.522 bits per heavy atom. The zero-order valence-electron chi connectivity index (χ0n) is 12.3. The molecule has 3 aromatic carbocycles. The predicted molar refractivity (Wildman–Crippen MR) is 88.0 cm³/mol. The van der Waals surface area contributed by atoms with Crippen molar-refractivity contribution < 1.29 is 9.59 Å². The number of benzene rings is 3. The van der Waals surface area contributed by atoms with E-state index >= 15 is 0 Å². The van der Waals surface area contributed by atoms with Gasteiger partial charge >= 0.3 is 0 Å². The Labute approximate surface area is 133 Å². The normalized spacial score (nSPS) is 14.1. The largest absolute Gasteiger partial charge is 0.289 e. The number of carbonyl (C=O) groups is 2. The summed E-state index contributed by atoms with van der Waals surface area (Å²) >= 11 is 0. The van der Waals surface area contributed by atoms with Crippen LogP contribution in [0.2, 0.25) is 0 Å². The summed E-state index contributed by atoms with van der Waals surface area (Å²) in [5.41, 5.74) is 6.73. The fourth-order valence-corrected chi connectivity index (χ4v) is 3.73. The summed E-state index contributed by atoms with van der Waals surface area (Å²) in [6.45, 7) is 0. The van der Waals surface area contributed by atoms with E-state index in [1.165, 1.54) is 11.1 Å². The Kier molecular flexibility index (Phi) is 2.32. The predicted octanol–water partition coefficient (Wildman–Crippen LogP) is 4.03. The molecule has 23 heavy (non-hydrogen) atoms. The lowest BCUT2D eigenvalue weighted by Crippen LogP contribution is -2.21. The Hall–Kier alpha value is -3.00. The minimum atomic E-state index is -0.0534. The number of ketones is 2. The average molecular weight is 296 g/mol. The summed E-state index contributed by atoms with van der Waals surface area (Å²) in [7, 11) is 0. The highest BCUT2D eigenvalue weighted by molar-refractivity contribution is 6.28. The molecule has 2 aliphatic carbocycles. The lowest BCUT2D eigenvalue weighted by Gasteiger charge is -2.18. The third-order valence-corrected chi connectivity index (χ3v) is 4.84. The first-order valence-electron chi connectivity index (χ1n) is 7.67. The first-order chi connectivity index (χ1) is 11.2. The van der Waals surface area contributed by atoms with E-state index in [0.717, 1.165) is 17.5 Å². The van der Waals surface area contributed by atoms with E-state index < -0.39 is 0 Å². The van der Waals surface area contributed by atoms with E-state index in [1.807, 2.05) is 24.3 Å². The van der Waals surface area contributed by atoms with Gasteiger partial charge in [0.25, 0.3) is 0 Å². The second kappa shape index (κ2) is 4.26. The molecule has 0 spiro atoms. The summed E-state index contributed by atoms with van der Waals surface area (Å²) < 4.78 is 0. The first kappa shape index (κ1) is 12.5. The molecule has 0 radical (unpaired) electrons. The van der Waals surface area contributed by atoms with Crippen LogP contribution >= 0.6 is 0 Å². The second-order valence-electron chi connectivity index (χ2n) is 6.09. The van der Waals surface area contributed by atoms with Gasteiger partial charge in [-0.2, -0.15) is 0 Å². The van der Waals surface area contributed by atoms with Crippen LogP contribution in [0, 0.1) is 0 Å². The Morgan fingerprint density at radius 2 is 1.09 bits per heavy atom. The van der Waals surface area contributed by atoms with Gasteiger partial charge in [0.2, 0.25) is 0 Å². The Bertz CT molecular complexity index is 1030. The van der Waals surface area contributed by atoms with Gasteiger partial charge < -0.3 is 0 Å². The zero-order chi connectivity index (χ0) is 15.6. The van der Waals surface area contributed by atoms with Crippen molar-refractivity contribution in [3.8, 4) is 11.1 Å². The molecular formula is C21H12O2. The van der Waals surface area contributed by atoms with Crippen molar-refractivity contribution in [2.75, 3.05) is 0 Å². The molecule has 0 aliphatic heterocycles. The van der Waals surface area contributed by atoms with Crippen molar-refractivity contribution in [1.82, 2.24) is 0 Å². The van der Waals surface area contributed by atoms with Crippen molar-refractivity contribution in [2.45, 2.75) is 6.42 Å². The molecule has 0 bridgehead atoms. The van der Waals surface area contributed by atoms with Crippen LogP contribution in [0.5, 0.6) is 0 Å². The van der Waals surface area contributed by atoms with Crippen LogP contribution in [0.3, 0.4) is 0 Å². The molecule has 3 aromatic rings. The standard InChI is InChI=1S/C21H12O2/c22-20-15-7-3-4-8-16(15)21(23)19-11-17-13(10-18(19)20)9-12-5-1-2-6-14(12)17/h1-8,10-11H,9H2. The SMILES string of the molecule is O=C1c2ccccc2C(=O)c2cc3c(cc21)Cc1ccccc1-3. The minimum absolute atomic E-state index is 0.0473. The topological polar surface area (TPSA) is 34.1 Å². The highest BCUT2D eigenvalue weighted by atomic mass is 16.1. The van der Waals surface area contributed by atoms with E-state index in [1.54, 1.807) is 24.3 Å². The highest BCUT2D eigenvalue weighted by Crippen LogP contribution is 2.40. The van der Waals surface area contributed by atoms with Crippen LogP contribution in [0.15, 0.2) is 60.7 Å². The quantitative estimate of drug-likeness (QED) is 0.432. The van der Waals surface area contributed by atoms with Crippen LogP contribution in [-0.4, -0.2) is 11.6 Å². The van der Waals surface area contributed by atoms with Gasteiger partial charge in [-0.1, -0.05) is 48.5 Å². The van der Waals surface area contributed by atoms with Gasteiger partial charge in [0.15, 0.2) is 11.6 Å². The zero-order valence-corrected chi connectivity index (χ0v) is 12.3. The molecule has 2 aliphatic rings. The molecule has 2 nitrogen and oxygen atoms in total. The lowest BCUT2D eigenvalue weighted by atomic mass is 9.82. The summed E-state index contributed by atoms with van der Waals surface area (Å²) in [6, 6.07) is 19.1. The summed E-state index contributed by atoms with van der Waals surface area (Å²) in [5, 5.41) is 0. The molecule has 0 fully saturated rings. The van der Waals surface area contributed by atoms with Crippen LogP contribution in [-0.2, 0) is 6.42 Å². The van der Waals surface area contributed by atoms with Gasteiger partial charge in [0.1, 0.15) is 0 Å². The summed E-state index contributed by atoms with van der Waals surface area (Å²) in [4.78, 5) is 25.6. The van der Waals surface area contributed by atoms with Crippen molar-refractivity contribution in [1.29, 1.82) is 0 Å². The minimum Gasteiger partial charge on any atom is -0.289 e. The Morgan fingerprint density at radius 3 is 1.78 bits per heavy atom. The average Bonchev–Trinajstić information content (AvgIpc) is 2.96. The fraction of sp³-hybridized carbons (Fsp3) is 0.0476. The van der Waals surface area contributed by atoms with Gasteiger partial charge in [-0.05, 0) is 40.8 Å². The molecule has 5 rings (SSSR count). The third-order valence-electron chi connectivity index (χ3n) is 4.84. The molecule has 0 N–H and O–H groups in total. The lowest BCUT2D eigenvalue weighted by molar-refractivity contribution is 0.0979. The fourth-order valence-electron chi connectivity index (χ4n) is 3.73. The number of hydrogen-bond acceptors (Lipinski definition) is 2. The molecule has 0 unspecified atom stereocenters. The van der Waals surface area contributed by atoms with Crippen LogP contribution < -0.4 is 0 Å². The third kappa shape index (κ3) is 1.58. The molecule has 0 heterocycles. The highest BCUT2D eigenvalue weighted by Gasteiger charge is 2.32. The second-order valence-corrected chi connectivity index (χ2v) is 6.09. The van der Waals surface area contributed by atoms with Crippen LogP contribution in [0.25, 0.3) is 11.1 Å². The van der Waals surface area contributed by atoms with Gasteiger partial charge in [0.05, 0.1) is 0 Å². The van der Waals surface area contributed by atoms with E-state index in [9.17, 15) is 9.59 Å². The van der Waals surface area contributed by atoms with Gasteiger partial charge in [-0.15, -0.1) is 0 Å². The van der Waals surface area contributed by atoms with E-state index in [2.05, 4.69) is 12.1 Å². The number of fused-ring (bicyclic) bond motifs is 5. The van der Waals surface area contributed by atoms with Crippen molar-refractivity contribution >= 4 is 11.6 Å². The van der Waals surface area contributed by atoms with Gasteiger partial charge in [-0.25, -0.2) is 0 Å². The molecular weight excluding hydrogens is 284 g/mol. The summed E-state index contributed by atoms with van der Waals surface area (Å²) in [6.07, 6.45) is 0.821. The molecule has 108 valence electrons. The number of rotatable bonds is 0. The van der Waals surface area contributed by atoms with E-state index in [0.29, 0.717) is 22.3 Å². The van der Waals surface area contributed by atoms with Crippen molar-refractivity contribution in [2.24, 2.45) is 0 Å². The van der Waals surface area contributed by atoms with Crippen molar-refractivity contribution in [3.05, 3.63) is 94.0 Å². The monoisotopic (exact) mass is 296 g/mol. The van der Waals surface area contributed by atoms with E-state index in [-0.39, 0.29) is 11.6 Å².